The third-order valence-corrected chi connectivity index (χ3v) is 7.04. The van der Waals surface area contributed by atoms with Crippen molar-refractivity contribution in [2.45, 2.75) is 53.0 Å². The molecule has 1 heterocycles. The maximum atomic E-state index is 13.8. The molecule has 3 rings (SSSR count). The Kier molecular flexibility index (Phi) is 7.79. The number of hydrogen-bond acceptors (Lipinski definition) is 6. The van der Waals surface area contributed by atoms with Crippen LogP contribution in [0.1, 0.15) is 41.5 Å². The third kappa shape index (κ3) is 6.71. The summed E-state index contributed by atoms with van der Waals surface area (Å²) in [5.41, 5.74) is 0.820. The smallest absolute Gasteiger partial charge is 0.241 e. The molecule has 0 saturated carbocycles. The predicted octanol–water partition coefficient (Wildman–Crippen LogP) is 5.37. The Bertz CT molecular complexity index is 1410. The van der Waals surface area contributed by atoms with Crippen LogP contribution in [0.2, 0.25) is 0 Å². The van der Waals surface area contributed by atoms with Crippen LogP contribution in [0.25, 0.3) is 22.4 Å². The number of ketones is 2. The van der Waals surface area contributed by atoms with Gasteiger partial charge in [0.2, 0.25) is 5.88 Å². The molecule has 198 valence electrons. The molecule has 0 amide bonds. The third-order valence-electron chi connectivity index (χ3n) is 5.92. The van der Waals surface area contributed by atoms with Crippen molar-refractivity contribution in [2.24, 2.45) is 10.8 Å². The van der Waals surface area contributed by atoms with Crippen LogP contribution >= 0.6 is 0 Å². The van der Waals surface area contributed by atoms with Crippen molar-refractivity contribution >= 4 is 21.4 Å². The summed E-state index contributed by atoms with van der Waals surface area (Å²) >= 11 is 0. The summed E-state index contributed by atoms with van der Waals surface area (Å²) in [6.07, 6.45) is 1.12. The van der Waals surface area contributed by atoms with Gasteiger partial charge in [0, 0.05) is 22.6 Å². The lowest BCUT2D eigenvalue weighted by atomic mass is 9.91. The van der Waals surface area contributed by atoms with Crippen molar-refractivity contribution in [1.82, 2.24) is 9.78 Å². The van der Waals surface area contributed by atoms with Gasteiger partial charge in [-0.25, -0.2) is 12.8 Å². The molecule has 0 spiro atoms. The molecule has 2 aromatic carbocycles. The van der Waals surface area contributed by atoms with E-state index in [1.807, 2.05) is 0 Å². The number of carbonyl (C=O) groups excluding carboxylic acids is 2. The number of carbonyl (C=O) groups is 2. The molecule has 3 aromatic rings. The number of nitrogens with zero attached hydrogens (tertiary/aromatic N) is 2. The molecule has 9 heteroatoms. The van der Waals surface area contributed by atoms with Crippen LogP contribution < -0.4 is 4.74 Å². The fourth-order valence-corrected chi connectivity index (χ4v) is 4.04. The van der Waals surface area contributed by atoms with Crippen molar-refractivity contribution in [1.29, 1.82) is 0 Å². The highest BCUT2D eigenvalue weighted by atomic mass is 32.2. The summed E-state index contributed by atoms with van der Waals surface area (Å²) in [6, 6.07) is 11.9. The number of aromatic nitrogens is 2. The van der Waals surface area contributed by atoms with Gasteiger partial charge >= 0.3 is 0 Å². The fraction of sp³-hybridized carbons (Fsp3) is 0.393. The lowest BCUT2D eigenvalue weighted by Gasteiger charge is -2.18. The van der Waals surface area contributed by atoms with Crippen LogP contribution in [-0.2, 0) is 26.0 Å². The molecule has 0 atom stereocenters. The van der Waals surface area contributed by atoms with E-state index in [1.165, 1.54) is 28.9 Å². The lowest BCUT2D eigenvalue weighted by molar-refractivity contribution is -0.128. The van der Waals surface area contributed by atoms with E-state index in [1.54, 1.807) is 65.8 Å². The molecule has 0 aliphatic carbocycles. The number of ether oxygens (including phenoxy) is 1. The first kappa shape index (κ1) is 28.2. The minimum Gasteiger partial charge on any atom is -0.468 e. The number of Topliss-reactive ketones (excluding diaryl/α,β-unsaturated/α-hetero) is 2. The highest BCUT2D eigenvalue weighted by Crippen LogP contribution is 2.40. The maximum absolute atomic E-state index is 13.8. The predicted molar refractivity (Wildman–Crippen MR) is 141 cm³/mol. The molecule has 0 aliphatic heterocycles. The largest absolute Gasteiger partial charge is 0.468 e. The molecular formula is C28H33FN2O5S. The normalized spacial score (nSPS) is 12.4. The zero-order valence-electron chi connectivity index (χ0n) is 22.3. The zero-order chi connectivity index (χ0) is 27.8. The second-order valence-corrected chi connectivity index (χ2v) is 13.1. The minimum atomic E-state index is -3.42. The Morgan fingerprint density at radius 3 is 1.86 bits per heavy atom. The van der Waals surface area contributed by atoms with E-state index in [2.05, 4.69) is 5.10 Å². The monoisotopic (exact) mass is 528 g/mol. The molecular weight excluding hydrogens is 495 g/mol. The van der Waals surface area contributed by atoms with Gasteiger partial charge < -0.3 is 4.74 Å². The Balaban J connectivity index is 2.26. The first-order valence-corrected chi connectivity index (χ1v) is 13.7. The first-order chi connectivity index (χ1) is 17.0. The van der Waals surface area contributed by atoms with Crippen molar-refractivity contribution in [3.05, 3.63) is 54.3 Å². The highest BCUT2D eigenvalue weighted by Gasteiger charge is 2.29. The molecule has 0 N–H and O–H groups in total. The van der Waals surface area contributed by atoms with Gasteiger partial charge in [-0.15, -0.1) is 5.10 Å². The Morgan fingerprint density at radius 1 is 0.865 bits per heavy atom. The lowest BCUT2D eigenvalue weighted by Crippen LogP contribution is -2.27. The average molecular weight is 529 g/mol. The summed E-state index contributed by atoms with van der Waals surface area (Å²) in [4.78, 5) is 25.8. The van der Waals surface area contributed by atoms with E-state index in [4.69, 9.17) is 4.74 Å². The maximum Gasteiger partial charge on any atom is 0.241 e. The minimum absolute atomic E-state index is 0.0859. The van der Waals surface area contributed by atoms with E-state index in [0.29, 0.717) is 22.4 Å². The van der Waals surface area contributed by atoms with E-state index in [-0.39, 0.29) is 35.5 Å². The van der Waals surface area contributed by atoms with Gasteiger partial charge in [0.1, 0.15) is 19.0 Å². The highest BCUT2D eigenvalue weighted by molar-refractivity contribution is 7.90. The molecule has 0 aliphatic rings. The molecule has 0 saturated heterocycles. The standard InChI is InChI=1S/C28H33FN2O5S/c1-27(2,3)22(32)16-31-25(19-10-14-21(15-11-19)37(7,34)35)24(18-8-12-20(29)13-9-18)26(30-31)36-17-23(33)28(4,5)6/h8-15H,16-17H2,1-7H3. The second kappa shape index (κ2) is 10.2. The van der Waals surface area contributed by atoms with Crippen molar-refractivity contribution in [3.63, 3.8) is 0 Å². The summed E-state index contributed by atoms with van der Waals surface area (Å²) < 4.78 is 45.2. The van der Waals surface area contributed by atoms with Crippen LogP contribution in [0.5, 0.6) is 5.88 Å². The molecule has 0 unspecified atom stereocenters. The molecule has 0 fully saturated rings. The van der Waals surface area contributed by atoms with Gasteiger partial charge in [0.15, 0.2) is 21.4 Å². The average Bonchev–Trinajstić information content (AvgIpc) is 3.14. The van der Waals surface area contributed by atoms with Crippen molar-refractivity contribution in [2.75, 3.05) is 12.9 Å². The van der Waals surface area contributed by atoms with Crippen molar-refractivity contribution in [3.8, 4) is 28.3 Å². The Hall–Kier alpha value is -3.33. The van der Waals surface area contributed by atoms with Crippen LogP contribution in [0.3, 0.4) is 0 Å². The van der Waals surface area contributed by atoms with Crippen molar-refractivity contribution < 1.29 is 27.1 Å². The number of halogens is 1. The van der Waals surface area contributed by atoms with Gasteiger partial charge in [-0.2, -0.15) is 0 Å². The summed E-state index contributed by atoms with van der Waals surface area (Å²) in [5, 5.41) is 4.57. The van der Waals surface area contributed by atoms with Crippen LogP contribution in [-0.4, -0.2) is 42.6 Å². The number of rotatable bonds is 8. The molecule has 7 nitrogen and oxygen atoms in total. The molecule has 0 radical (unpaired) electrons. The van der Waals surface area contributed by atoms with E-state index in [0.717, 1.165) is 6.26 Å². The van der Waals surface area contributed by atoms with Gasteiger partial charge in [0.25, 0.3) is 0 Å². The first-order valence-electron chi connectivity index (χ1n) is 11.8. The molecule has 0 bridgehead atoms. The number of benzene rings is 2. The van der Waals surface area contributed by atoms with E-state index < -0.39 is 26.5 Å². The van der Waals surface area contributed by atoms with Crippen LogP contribution in [0.4, 0.5) is 4.39 Å². The summed E-state index contributed by atoms with van der Waals surface area (Å²) in [5.74, 6) is -0.541. The summed E-state index contributed by atoms with van der Waals surface area (Å²) in [7, 11) is -3.42. The molecule has 1 aromatic heterocycles. The van der Waals surface area contributed by atoms with E-state index >= 15 is 0 Å². The van der Waals surface area contributed by atoms with Crippen LogP contribution in [0, 0.1) is 16.6 Å². The quantitative estimate of drug-likeness (QED) is 0.390. The SMILES string of the molecule is CC(C)(C)C(=O)COc1nn(CC(=O)C(C)(C)C)c(-c2ccc(S(C)(=O)=O)cc2)c1-c1ccc(F)cc1. The van der Waals surface area contributed by atoms with Gasteiger partial charge in [-0.3, -0.25) is 14.3 Å². The molecule has 37 heavy (non-hydrogen) atoms. The zero-order valence-corrected chi connectivity index (χ0v) is 23.1. The topological polar surface area (TPSA) is 95.3 Å². The van der Waals surface area contributed by atoms with Gasteiger partial charge in [-0.1, -0.05) is 65.8 Å². The fourth-order valence-electron chi connectivity index (χ4n) is 3.41. The number of sulfone groups is 1. The van der Waals surface area contributed by atoms with E-state index in [9.17, 15) is 22.4 Å². The Labute approximate surface area is 217 Å². The van der Waals surface area contributed by atoms with Gasteiger partial charge in [-0.05, 0) is 29.8 Å². The van der Waals surface area contributed by atoms with Crippen LogP contribution in [0.15, 0.2) is 53.4 Å². The van der Waals surface area contributed by atoms with Gasteiger partial charge in [0.05, 0.1) is 16.2 Å². The second-order valence-electron chi connectivity index (χ2n) is 11.1. The number of hydrogen-bond donors (Lipinski definition) is 0. The Morgan fingerprint density at radius 2 is 1.38 bits per heavy atom. The summed E-state index contributed by atoms with van der Waals surface area (Å²) in [6.45, 7) is 10.4.